The van der Waals surface area contributed by atoms with Crippen molar-refractivity contribution in [3.8, 4) is 0 Å². The maximum absolute atomic E-state index is 11.3. The molecule has 80 valence electrons. The van der Waals surface area contributed by atoms with Gasteiger partial charge in [-0.15, -0.1) is 0 Å². The van der Waals surface area contributed by atoms with E-state index >= 15 is 0 Å². The lowest BCUT2D eigenvalue weighted by molar-refractivity contribution is -0.122. The molecule has 0 spiro atoms. The van der Waals surface area contributed by atoms with Crippen molar-refractivity contribution in [2.45, 2.75) is 13.8 Å². The van der Waals surface area contributed by atoms with Gasteiger partial charge >= 0.3 is 0 Å². The zero-order valence-electron chi connectivity index (χ0n) is 8.70. The molecule has 0 saturated heterocycles. The van der Waals surface area contributed by atoms with E-state index in [0.29, 0.717) is 5.82 Å². The summed E-state index contributed by atoms with van der Waals surface area (Å²) in [6.07, 6.45) is 0. The second-order valence-electron chi connectivity index (χ2n) is 3.12. The average Bonchev–Trinajstić information content (AvgIpc) is 2.15. The molecule has 5 nitrogen and oxygen atoms in total. The van der Waals surface area contributed by atoms with E-state index in [0.717, 1.165) is 5.69 Å². The Balaban J connectivity index is 2.48. The molecule has 15 heavy (non-hydrogen) atoms. The molecule has 0 aliphatic rings. The number of carbonyl (C=O) groups is 2. The molecule has 1 aromatic heterocycles. The number of pyridine rings is 1. The van der Waals surface area contributed by atoms with Crippen LogP contribution in [-0.4, -0.2) is 23.3 Å². The van der Waals surface area contributed by atoms with E-state index in [1.54, 1.807) is 12.1 Å². The van der Waals surface area contributed by atoms with Gasteiger partial charge in [0.1, 0.15) is 5.82 Å². The number of hydrogen-bond donors (Lipinski definition) is 2. The van der Waals surface area contributed by atoms with Crippen molar-refractivity contribution in [2.75, 3.05) is 11.9 Å². The summed E-state index contributed by atoms with van der Waals surface area (Å²) >= 11 is 0. The van der Waals surface area contributed by atoms with Gasteiger partial charge in [-0.25, -0.2) is 4.98 Å². The minimum atomic E-state index is -0.289. The Morgan fingerprint density at radius 1 is 1.40 bits per heavy atom. The fourth-order valence-corrected chi connectivity index (χ4v) is 1.00. The molecule has 1 aromatic rings. The Kier molecular flexibility index (Phi) is 3.79. The predicted molar refractivity (Wildman–Crippen MR) is 56.3 cm³/mol. The monoisotopic (exact) mass is 207 g/mol. The summed E-state index contributed by atoms with van der Waals surface area (Å²) in [5.74, 6) is -0.0315. The third-order valence-corrected chi connectivity index (χ3v) is 1.65. The normalized spacial score (nSPS) is 9.47. The highest BCUT2D eigenvalue weighted by Gasteiger charge is 2.03. The first-order valence-electron chi connectivity index (χ1n) is 4.56. The number of carbonyl (C=O) groups excluding carboxylic acids is 2. The van der Waals surface area contributed by atoms with Crippen LogP contribution in [0.15, 0.2) is 18.2 Å². The van der Waals surface area contributed by atoms with Crippen LogP contribution in [0.1, 0.15) is 12.6 Å². The second-order valence-corrected chi connectivity index (χ2v) is 3.12. The van der Waals surface area contributed by atoms with Gasteiger partial charge in [0.15, 0.2) is 0 Å². The van der Waals surface area contributed by atoms with Crippen LogP contribution in [0.25, 0.3) is 0 Å². The molecular weight excluding hydrogens is 194 g/mol. The van der Waals surface area contributed by atoms with Crippen molar-refractivity contribution < 1.29 is 9.59 Å². The number of anilines is 1. The molecule has 1 heterocycles. The van der Waals surface area contributed by atoms with E-state index < -0.39 is 0 Å². The zero-order chi connectivity index (χ0) is 11.3. The van der Waals surface area contributed by atoms with Crippen LogP contribution in [0.2, 0.25) is 0 Å². The molecule has 0 fully saturated rings. The molecule has 0 atom stereocenters. The Hall–Kier alpha value is -1.91. The molecule has 0 bridgehead atoms. The van der Waals surface area contributed by atoms with Crippen molar-refractivity contribution in [2.24, 2.45) is 0 Å². The quantitative estimate of drug-likeness (QED) is 0.756. The van der Waals surface area contributed by atoms with Crippen molar-refractivity contribution in [3.05, 3.63) is 23.9 Å². The van der Waals surface area contributed by atoms with Gasteiger partial charge in [-0.1, -0.05) is 6.07 Å². The molecule has 0 radical (unpaired) electrons. The summed E-state index contributed by atoms with van der Waals surface area (Å²) < 4.78 is 0. The lowest BCUT2D eigenvalue weighted by Gasteiger charge is -2.04. The fraction of sp³-hybridized carbons (Fsp3) is 0.300. The molecular formula is C10H13N3O2. The first-order valence-corrected chi connectivity index (χ1v) is 4.56. The molecule has 0 aliphatic heterocycles. The number of aryl methyl sites for hydroxylation is 1. The molecule has 5 heteroatoms. The number of rotatable bonds is 3. The maximum atomic E-state index is 11.3. The van der Waals surface area contributed by atoms with Gasteiger partial charge in [0.25, 0.3) is 0 Å². The van der Waals surface area contributed by atoms with Crippen LogP contribution in [0.3, 0.4) is 0 Å². The van der Waals surface area contributed by atoms with Gasteiger partial charge in [-0.3, -0.25) is 9.59 Å². The van der Waals surface area contributed by atoms with Crippen molar-refractivity contribution in [3.63, 3.8) is 0 Å². The highest BCUT2D eigenvalue weighted by molar-refractivity contribution is 5.93. The molecule has 2 N–H and O–H groups in total. The Morgan fingerprint density at radius 2 is 2.13 bits per heavy atom. The van der Waals surface area contributed by atoms with Gasteiger partial charge in [0.05, 0.1) is 6.54 Å². The van der Waals surface area contributed by atoms with Gasteiger partial charge in [0, 0.05) is 12.6 Å². The van der Waals surface area contributed by atoms with Gasteiger partial charge < -0.3 is 10.6 Å². The lowest BCUT2D eigenvalue weighted by atomic mass is 10.4. The highest BCUT2D eigenvalue weighted by Crippen LogP contribution is 2.02. The number of nitrogens with one attached hydrogen (secondary N) is 2. The van der Waals surface area contributed by atoms with E-state index in [1.807, 2.05) is 13.0 Å². The van der Waals surface area contributed by atoms with Gasteiger partial charge in [-0.05, 0) is 19.1 Å². The van der Waals surface area contributed by atoms with E-state index in [9.17, 15) is 9.59 Å². The van der Waals surface area contributed by atoms with Crippen LogP contribution in [-0.2, 0) is 9.59 Å². The predicted octanol–water partition coefficient (Wildman–Crippen LogP) is 0.465. The summed E-state index contributed by atoms with van der Waals surface area (Å²) in [7, 11) is 0. The smallest absolute Gasteiger partial charge is 0.244 e. The Bertz CT molecular complexity index is 377. The standard InChI is InChI=1S/C10H13N3O2/c1-7-4-3-5-9(12-7)13-10(15)6-11-8(2)14/h3-5H,6H2,1-2H3,(H,11,14)(H,12,13,15). The van der Waals surface area contributed by atoms with E-state index in [2.05, 4.69) is 15.6 Å². The zero-order valence-corrected chi connectivity index (χ0v) is 8.70. The van der Waals surface area contributed by atoms with Crippen molar-refractivity contribution >= 4 is 17.6 Å². The highest BCUT2D eigenvalue weighted by atomic mass is 16.2. The number of hydrogen-bond acceptors (Lipinski definition) is 3. The second kappa shape index (κ2) is 5.09. The number of amides is 2. The van der Waals surface area contributed by atoms with E-state index in [1.165, 1.54) is 6.92 Å². The molecule has 2 amide bonds. The van der Waals surface area contributed by atoms with Crippen LogP contribution >= 0.6 is 0 Å². The minimum Gasteiger partial charge on any atom is -0.347 e. The summed E-state index contributed by atoms with van der Waals surface area (Å²) in [5, 5.41) is 4.97. The molecule has 0 saturated carbocycles. The van der Waals surface area contributed by atoms with E-state index in [-0.39, 0.29) is 18.4 Å². The van der Waals surface area contributed by atoms with Crippen LogP contribution < -0.4 is 10.6 Å². The lowest BCUT2D eigenvalue weighted by Crippen LogP contribution is -2.31. The fourth-order valence-electron chi connectivity index (χ4n) is 1.00. The Labute approximate surface area is 87.9 Å². The number of aromatic nitrogens is 1. The summed E-state index contributed by atoms with van der Waals surface area (Å²) in [4.78, 5) is 25.9. The summed E-state index contributed by atoms with van der Waals surface area (Å²) in [6.45, 7) is 3.16. The van der Waals surface area contributed by atoms with Crippen LogP contribution in [0.5, 0.6) is 0 Å². The number of nitrogens with zero attached hydrogens (tertiary/aromatic N) is 1. The average molecular weight is 207 g/mol. The summed E-state index contributed by atoms with van der Waals surface area (Å²) in [6, 6.07) is 5.33. The third-order valence-electron chi connectivity index (χ3n) is 1.65. The largest absolute Gasteiger partial charge is 0.347 e. The van der Waals surface area contributed by atoms with Gasteiger partial charge in [0.2, 0.25) is 11.8 Å². The molecule has 0 aromatic carbocycles. The minimum absolute atomic E-state index is 0.0368. The van der Waals surface area contributed by atoms with Crippen LogP contribution in [0.4, 0.5) is 5.82 Å². The van der Waals surface area contributed by atoms with Crippen molar-refractivity contribution in [1.82, 2.24) is 10.3 Å². The molecule has 0 unspecified atom stereocenters. The maximum Gasteiger partial charge on any atom is 0.244 e. The first kappa shape index (κ1) is 11.2. The van der Waals surface area contributed by atoms with E-state index in [4.69, 9.17) is 0 Å². The molecule has 1 rings (SSSR count). The first-order chi connectivity index (χ1) is 7.08. The van der Waals surface area contributed by atoms with Gasteiger partial charge in [-0.2, -0.15) is 0 Å². The molecule has 0 aliphatic carbocycles. The summed E-state index contributed by atoms with van der Waals surface area (Å²) in [5.41, 5.74) is 0.826. The SMILES string of the molecule is CC(=O)NCC(=O)Nc1cccc(C)n1. The Morgan fingerprint density at radius 3 is 2.73 bits per heavy atom. The third kappa shape index (κ3) is 4.21. The van der Waals surface area contributed by atoms with Crippen molar-refractivity contribution in [1.29, 1.82) is 0 Å². The topological polar surface area (TPSA) is 71.1 Å². The van der Waals surface area contributed by atoms with Crippen LogP contribution in [0, 0.1) is 6.92 Å².